The summed E-state index contributed by atoms with van der Waals surface area (Å²) in [6.07, 6.45) is 1.82. The van der Waals surface area contributed by atoms with Gasteiger partial charge in [0, 0.05) is 18.2 Å². The minimum absolute atomic E-state index is 0.151. The molecule has 1 unspecified atom stereocenters. The Labute approximate surface area is 133 Å². The first-order valence-electron chi connectivity index (χ1n) is 6.95. The van der Waals surface area contributed by atoms with E-state index in [1.165, 1.54) is 0 Å². The molecule has 0 bridgehead atoms. The van der Waals surface area contributed by atoms with E-state index in [4.69, 9.17) is 11.6 Å². The normalized spacial score (nSPS) is 12.2. The lowest BCUT2D eigenvalue weighted by Crippen LogP contribution is -2.18. The van der Waals surface area contributed by atoms with Crippen LogP contribution in [-0.2, 0) is 6.42 Å². The second-order valence-corrected chi connectivity index (χ2v) is 5.56. The number of hydrogen-bond acceptors (Lipinski definition) is 3. The Bertz CT molecular complexity index is 818. The second kappa shape index (κ2) is 6.16. The minimum atomic E-state index is -0.772. The summed E-state index contributed by atoms with van der Waals surface area (Å²) in [4.78, 5) is 16.3. The number of fused-ring (bicyclic) bond motifs is 1. The summed E-state index contributed by atoms with van der Waals surface area (Å²) in [6.45, 7) is 0. The van der Waals surface area contributed by atoms with Crippen LogP contribution in [-0.4, -0.2) is 21.3 Å². The Kier molecular flexibility index (Phi) is 4.07. The van der Waals surface area contributed by atoms with E-state index in [1.54, 1.807) is 30.5 Å². The van der Waals surface area contributed by atoms with E-state index in [2.05, 4.69) is 4.98 Å². The highest BCUT2D eigenvalue weighted by Gasteiger charge is 2.21. The van der Waals surface area contributed by atoms with E-state index in [0.29, 0.717) is 11.3 Å². The molecule has 0 spiro atoms. The Morgan fingerprint density at radius 2 is 1.86 bits per heavy atom. The van der Waals surface area contributed by atoms with Gasteiger partial charge in [-0.3, -0.25) is 9.78 Å². The summed E-state index contributed by atoms with van der Waals surface area (Å²) < 4.78 is 0. The molecule has 3 nitrogen and oxygen atoms in total. The van der Waals surface area contributed by atoms with Crippen LogP contribution in [0, 0.1) is 0 Å². The number of pyridine rings is 1. The number of carbonyl (C=O) groups is 1. The molecule has 3 rings (SSSR count). The average Bonchev–Trinajstić information content (AvgIpc) is 2.57. The molecule has 1 heterocycles. The number of nitrogens with zero attached hydrogens (tertiary/aromatic N) is 1. The fourth-order valence-corrected chi connectivity index (χ4v) is 2.75. The van der Waals surface area contributed by atoms with Crippen LogP contribution in [0.4, 0.5) is 0 Å². The highest BCUT2D eigenvalue weighted by atomic mass is 35.5. The van der Waals surface area contributed by atoms with Crippen LogP contribution in [0.2, 0.25) is 0 Å². The van der Waals surface area contributed by atoms with E-state index in [-0.39, 0.29) is 18.0 Å². The van der Waals surface area contributed by atoms with Crippen LogP contribution in [0.25, 0.3) is 10.8 Å². The Morgan fingerprint density at radius 1 is 1.09 bits per heavy atom. The third-order valence-corrected chi connectivity index (χ3v) is 3.95. The number of carbonyl (C=O) groups excluding carboxylic acids is 1. The molecule has 0 aliphatic heterocycles. The SMILES string of the molecule is O=C(c1ccccn1)C(Cl)Cc1c(O)ccc2ccccc12. The number of phenols is 1. The third-order valence-electron chi connectivity index (χ3n) is 3.60. The first-order valence-corrected chi connectivity index (χ1v) is 7.39. The van der Waals surface area contributed by atoms with Gasteiger partial charge < -0.3 is 5.11 Å². The number of benzene rings is 2. The van der Waals surface area contributed by atoms with Gasteiger partial charge in [0.2, 0.25) is 0 Å². The predicted molar refractivity (Wildman–Crippen MR) is 87.5 cm³/mol. The number of ketones is 1. The molecule has 3 aromatic rings. The van der Waals surface area contributed by atoms with Gasteiger partial charge in [-0.1, -0.05) is 36.4 Å². The Morgan fingerprint density at radius 3 is 2.64 bits per heavy atom. The van der Waals surface area contributed by atoms with Crippen molar-refractivity contribution < 1.29 is 9.90 Å². The van der Waals surface area contributed by atoms with Crippen LogP contribution in [0.3, 0.4) is 0 Å². The molecule has 0 radical (unpaired) electrons. The summed E-state index contributed by atoms with van der Waals surface area (Å²) in [7, 11) is 0. The number of halogens is 1. The fraction of sp³-hybridized carbons (Fsp3) is 0.111. The molecular formula is C18H14ClNO2. The molecule has 0 fully saturated rings. The monoisotopic (exact) mass is 311 g/mol. The number of aromatic nitrogens is 1. The lowest BCUT2D eigenvalue weighted by molar-refractivity contribution is 0.0982. The van der Waals surface area contributed by atoms with Gasteiger partial charge in [-0.2, -0.15) is 0 Å². The summed E-state index contributed by atoms with van der Waals surface area (Å²) in [6, 6.07) is 16.3. The maximum Gasteiger partial charge on any atom is 0.199 e. The standard InChI is InChI=1S/C18H14ClNO2/c19-15(18(22)16-7-3-4-10-20-16)11-14-13-6-2-1-5-12(13)8-9-17(14)21/h1-10,15,21H,11H2. The van der Waals surface area contributed by atoms with Crippen molar-refractivity contribution in [3.63, 3.8) is 0 Å². The van der Waals surface area contributed by atoms with Crippen molar-refractivity contribution in [2.75, 3.05) is 0 Å². The van der Waals surface area contributed by atoms with Crippen LogP contribution in [0.5, 0.6) is 5.75 Å². The van der Waals surface area contributed by atoms with Crippen LogP contribution in [0.1, 0.15) is 16.1 Å². The molecular weight excluding hydrogens is 298 g/mol. The summed E-state index contributed by atoms with van der Waals surface area (Å²) in [5.41, 5.74) is 1.02. The lowest BCUT2D eigenvalue weighted by Gasteiger charge is -2.12. The van der Waals surface area contributed by atoms with E-state index in [9.17, 15) is 9.90 Å². The molecule has 0 amide bonds. The summed E-state index contributed by atoms with van der Waals surface area (Å²) in [5.74, 6) is -0.0900. The van der Waals surface area contributed by atoms with Crippen LogP contribution in [0.15, 0.2) is 60.8 Å². The molecule has 22 heavy (non-hydrogen) atoms. The zero-order chi connectivity index (χ0) is 15.5. The smallest absolute Gasteiger partial charge is 0.199 e. The van der Waals surface area contributed by atoms with E-state index >= 15 is 0 Å². The van der Waals surface area contributed by atoms with Gasteiger partial charge in [-0.05, 0) is 29.0 Å². The van der Waals surface area contributed by atoms with Crippen molar-refractivity contribution >= 4 is 28.2 Å². The topological polar surface area (TPSA) is 50.2 Å². The van der Waals surface area contributed by atoms with Gasteiger partial charge in [-0.15, -0.1) is 11.6 Å². The Hall–Kier alpha value is -2.39. The van der Waals surface area contributed by atoms with Crippen molar-refractivity contribution in [3.05, 3.63) is 72.1 Å². The van der Waals surface area contributed by atoms with Gasteiger partial charge in [-0.25, -0.2) is 0 Å². The quantitative estimate of drug-likeness (QED) is 0.586. The van der Waals surface area contributed by atoms with Crippen LogP contribution >= 0.6 is 11.6 Å². The van der Waals surface area contributed by atoms with Crippen molar-refractivity contribution in [1.82, 2.24) is 4.98 Å². The first-order chi connectivity index (χ1) is 10.7. The minimum Gasteiger partial charge on any atom is -0.508 e. The van der Waals surface area contributed by atoms with E-state index in [1.807, 2.05) is 30.3 Å². The van der Waals surface area contributed by atoms with Gasteiger partial charge in [0.1, 0.15) is 16.8 Å². The molecule has 0 saturated carbocycles. The van der Waals surface area contributed by atoms with Crippen LogP contribution < -0.4 is 0 Å². The van der Waals surface area contributed by atoms with Gasteiger partial charge in [0.25, 0.3) is 0 Å². The maximum atomic E-state index is 12.3. The largest absolute Gasteiger partial charge is 0.508 e. The van der Waals surface area contributed by atoms with Gasteiger partial charge >= 0.3 is 0 Å². The summed E-state index contributed by atoms with van der Waals surface area (Å²) >= 11 is 6.27. The number of rotatable bonds is 4. The highest BCUT2D eigenvalue weighted by molar-refractivity contribution is 6.33. The molecule has 0 aliphatic carbocycles. The number of aromatic hydroxyl groups is 1. The lowest BCUT2D eigenvalue weighted by atomic mass is 9.98. The zero-order valence-corrected chi connectivity index (χ0v) is 12.5. The average molecular weight is 312 g/mol. The highest BCUT2D eigenvalue weighted by Crippen LogP contribution is 2.29. The molecule has 0 aliphatic rings. The van der Waals surface area contributed by atoms with E-state index < -0.39 is 5.38 Å². The molecule has 1 N–H and O–H groups in total. The number of Topliss-reactive ketones (excluding diaryl/α,β-unsaturated/α-hetero) is 1. The zero-order valence-electron chi connectivity index (χ0n) is 11.7. The Balaban J connectivity index is 1.93. The molecule has 1 atom stereocenters. The third kappa shape index (κ3) is 2.81. The molecule has 4 heteroatoms. The van der Waals surface area contributed by atoms with E-state index in [0.717, 1.165) is 10.8 Å². The maximum absolute atomic E-state index is 12.3. The first kappa shape index (κ1) is 14.5. The molecule has 110 valence electrons. The molecule has 0 saturated heterocycles. The fourth-order valence-electron chi connectivity index (χ4n) is 2.48. The predicted octanol–water partition coefficient (Wildman–Crippen LogP) is 3.97. The molecule has 2 aromatic carbocycles. The number of alkyl halides is 1. The second-order valence-electron chi connectivity index (χ2n) is 5.04. The van der Waals surface area contributed by atoms with Crippen molar-refractivity contribution in [2.45, 2.75) is 11.8 Å². The van der Waals surface area contributed by atoms with Gasteiger partial charge in [0.15, 0.2) is 5.78 Å². The van der Waals surface area contributed by atoms with Crippen molar-refractivity contribution in [3.8, 4) is 5.75 Å². The molecule has 1 aromatic heterocycles. The van der Waals surface area contributed by atoms with Crippen molar-refractivity contribution in [2.24, 2.45) is 0 Å². The van der Waals surface area contributed by atoms with Crippen molar-refractivity contribution in [1.29, 1.82) is 0 Å². The van der Waals surface area contributed by atoms with Gasteiger partial charge in [0.05, 0.1) is 0 Å². The number of phenolic OH excluding ortho intramolecular Hbond substituents is 1. The number of hydrogen-bond donors (Lipinski definition) is 1. The summed E-state index contributed by atoms with van der Waals surface area (Å²) in [5, 5.41) is 11.3.